The van der Waals surface area contributed by atoms with Crippen molar-refractivity contribution >= 4 is 17.7 Å². The number of thioether (sulfide) groups is 1. The molecule has 3 nitrogen and oxygen atoms in total. The first-order valence-electron chi connectivity index (χ1n) is 6.80. The third-order valence-electron chi connectivity index (χ3n) is 3.28. The van der Waals surface area contributed by atoms with Crippen LogP contribution in [0.4, 0.5) is 0 Å². The van der Waals surface area contributed by atoms with Crippen LogP contribution in [0.3, 0.4) is 0 Å². The van der Waals surface area contributed by atoms with E-state index in [9.17, 15) is 4.79 Å². The van der Waals surface area contributed by atoms with Gasteiger partial charge in [-0.3, -0.25) is 4.79 Å². The molecule has 0 aliphatic rings. The average molecular weight is 295 g/mol. The predicted octanol–water partition coefficient (Wildman–Crippen LogP) is 3.13. The van der Waals surface area contributed by atoms with E-state index in [1.165, 1.54) is 0 Å². The molecule has 1 atom stereocenters. The summed E-state index contributed by atoms with van der Waals surface area (Å²) >= 11 is 1.79. The number of para-hydroxylation sites is 1. The van der Waals surface area contributed by atoms with Gasteiger partial charge in [-0.25, -0.2) is 0 Å². The van der Waals surface area contributed by atoms with Gasteiger partial charge in [0.1, 0.15) is 5.75 Å². The molecule has 0 saturated carbocycles. The van der Waals surface area contributed by atoms with Crippen LogP contribution in [0.25, 0.3) is 0 Å². The monoisotopic (exact) mass is 295 g/mol. The number of rotatable bonds is 6. The summed E-state index contributed by atoms with van der Waals surface area (Å²) in [6, 6.07) is 7.63. The number of methoxy groups -OCH3 is 1. The van der Waals surface area contributed by atoms with E-state index in [4.69, 9.17) is 4.74 Å². The second-order valence-corrected chi connectivity index (χ2v) is 6.92. The summed E-state index contributed by atoms with van der Waals surface area (Å²) in [6.07, 6.45) is 2.44. The molecule has 1 rings (SSSR count). The fourth-order valence-corrected chi connectivity index (χ4v) is 2.99. The molecule has 20 heavy (non-hydrogen) atoms. The van der Waals surface area contributed by atoms with Crippen LogP contribution in [0.15, 0.2) is 24.3 Å². The van der Waals surface area contributed by atoms with Crippen molar-refractivity contribution in [2.45, 2.75) is 32.4 Å². The number of hydrogen-bond acceptors (Lipinski definition) is 3. The lowest BCUT2D eigenvalue weighted by molar-refractivity contribution is -0.120. The zero-order chi connectivity index (χ0) is 15.2. The summed E-state index contributed by atoms with van der Waals surface area (Å²) in [7, 11) is 1.63. The van der Waals surface area contributed by atoms with E-state index in [2.05, 4.69) is 32.3 Å². The first kappa shape index (κ1) is 16.9. The van der Waals surface area contributed by atoms with E-state index < -0.39 is 0 Å². The van der Waals surface area contributed by atoms with Gasteiger partial charge < -0.3 is 10.1 Å². The minimum atomic E-state index is 0.0396. The Labute approximate surface area is 126 Å². The highest BCUT2D eigenvalue weighted by atomic mass is 32.2. The minimum Gasteiger partial charge on any atom is -0.496 e. The number of amides is 1. The lowest BCUT2D eigenvalue weighted by atomic mass is 9.91. The van der Waals surface area contributed by atoms with Crippen LogP contribution >= 0.6 is 11.8 Å². The van der Waals surface area contributed by atoms with Gasteiger partial charge in [0.25, 0.3) is 0 Å². The SMILES string of the molecule is COc1ccccc1CC(=O)NC[C@@H](SC)C(C)(C)C. The Morgan fingerprint density at radius 1 is 1.35 bits per heavy atom. The van der Waals surface area contributed by atoms with Gasteiger partial charge in [-0.1, -0.05) is 39.0 Å². The Morgan fingerprint density at radius 2 is 2.00 bits per heavy atom. The number of benzene rings is 1. The van der Waals surface area contributed by atoms with Gasteiger partial charge in [0.2, 0.25) is 5.91 Å². The molecular formula is C16H25NO2S. The van der Waals surface area contributed by atoms with Crippen LogP contribution in [0.5, 0.6) is 5.75 Å². The number of carbonyl (C=O) groups excluding carboxylic acids is 1. The number of ether oxygens (including phenoxy) is 1. The maximum absolute atomic E-state index is 12.1. The maximum atomic E-state index is 12.1. The fourth-order valence-electron chi connectivity index (χ4n) is 2.03. The summed E-state index contributed by atoms with van der Waals surface area (Å²) in [5.41, 5.74) is 1.10. The third-order valence-corrected chi connectivity index (χ3v) is 4.72. The molecule has 0 unspecified atom stereocenters. The molecule has 0 bridgehead atoms. The van der Waals surface area contributed by atoms with Gasteiger partial charge in [-0.2, -0.15) is 11.8 Å². The van der Waals surface area contributed by atoms with Gasteiger partial charge in [0, 0.05) is 17.4 Å². The van der Waals surface area contributed by atoms with E-state index in [-0.39, 0.29) is 11.3 Å². The molecule has 1 aromatic rings. The lowest BCUT2D eigenvalue weighted by Gasteiger charge is -2.29. The molecule has 4 heteroatoms. The zero-order valence-electron chi connectivity index (χ0n) is 13.0. The first-order chi connectivity index (χ1) is 9.38. The van der Waals surface area contributed by atoms with Crippen molar-refractivity contribution in [2.75, 3.05) is 19.9 Å². The summed E-state index contributed by atoms with van der Waals surface area (Å²) in [6.45, 7) is 7.28. The molecule has 0 fully saturated rings. The molecule has 1 N–H and O–H groups in total. The van der Waals surface area contributed by atoms with E-state index >= 15 is 0 Å². The Hall–Kier alpha value is -1.16. The second kappa shape index (κ2) is 7.58. The lowest BCUT2D eigenvalue weighted by Crippen LogP contribution is -2.37. The van der Waals surface area contributed by atoms with Crippen LogP contribution in [0.1, 0.15) is 26.3 Å². The maximum Gasteiger partial charge on any atom is 0.224 e. The molecule has 0 spiro atoms. The molecule has 112 valence electrons. The molecule has 0 radical (unpaired) electrons. The Bertz CT molecular complexity index is 440. The molecule has 1 amide bonds. The molecular weight excluding hydrogens is 270 g/mol. The van der Waals surface area contributed by atoms with E-state index in [1.807, 2.05) is 24.3 Å². The van der Waals surface area contributed by atoms with Gasteiger partial charge >= 0.3 is 0 Å². The third kappa shape index (κ3) is 5.08. The molecule has 0 aliphatic heterocycles. The fraction of sp³-hybridized carbons (Fsp3) is 0.562. The Morgan fingerprint density at radius 3 is 2.55 bits per heavy atom. The largest absolute Gasteiger partial charge is 0.496 e. The molecule has 0 heterocycles. The predicted molar refractivity (Wildman–Crippen MR) is 86.5 cm³/mol. The van der Waals surface area contributed by atoms with E-state index in [0.29, 0.717) is 18.2 Å². The van der Waals surface area contributed by atoms with Gasteiger partial charge in [0.15, 0.2) is 0 Å². The molecule has 0 saturated heterocycles. The van der Waals surface area contributed by atoms with Crippen LogP contribution in [0.2, 0.25) is 0 Å². The highest BCUT2D eigenvalue weighted by molar-refractivity contribution is 7.99. The standard InChI is InChI=1S/C16H25NO2S/c1-16(2,3)14(20-5)11-17-15(18)10-12-8-6-7-9-13(12)19-4/h6-9,14H,10-11H2,1-5H3,(H,17,18)/t14-/m1/s1. The van der Waals surface area contributed by atoms with Crippen molar-refractivity contribution in [2.24, 2.45) is 5.41 Å². The van der Waals surface area contributed by atoms with Gasteiger partial charge in [-0.15, -0.1) is 0 Å². The quantitative estimate of drug-likeness (QED) is 0.876. The highest BCUT2D eigenvalue weighted by Gasteiger charge is 2.24. The van der Waals surface area contributed by atoms with Crippen LogP contribution in [0, 0.1) is 5.41 Å². The van der Waals surface area contributed by atoms with Crippen molar-refractivity contribution in [3.05, 3.63) is 29.8 Å². The Kier molecular flexibility index (Phi) is 6.40. The molecule has 0 aromatic heterocycles. The van der Waals surface area contributed by atoms with Crippen molar-refractivity contribution in [1.29, 1.82) is 0 Å². The summed E-state index contributed by atoms with van der Waals surface area (Å²) in [5, 5.41) is 3.43. The molecule has 1 aromatic carbocycles. The summed E-state index contributed by atoms with van der Waals surface area (Å²) in [5.74, 6) is 0.803. The Balaban J connectivity index is 2.56. The normalized spacial score (nSPS) is 12.8. The summed E-state index contributed by atoms with van der Waals surface area (Å²) in [4.78, 5) is 12.1. The van der Waals surface area contributed by atoms with E-state index in [0.717, 1.165) is 11.3 Å². The van der Waals surface area contributed by atoms with E-state index in [1.54, 1.807) is 18.9 Å². The van der Waals surface area contributed by atoms with Crippen molar-refractivity contribution in [1.82, 2.24) is 5.32 Å². The smallest absolute Gasteiger partial charge is 0.224 e. The van der Waals surface area contributed by atoms with Crippen LogP contribution in [-0.2, 0) is 11.2 Å². The highest BCUT2D eigenvalue weighted by Crippen LogP contribution is 2.28. The van der Waals surface area contributed by atoms with Crippen molar-refractivity contribution in [3.63, 3.8) is 0 Å². The summed E-state index contributed by atoms with van der Waals surface area (Å²) < 4.78 is 5.26. The second-order valence-electron chi connectivity index (χ2n) is 5.88. The number of carbonyl (C=O) groups is 1. The van der Waals surface area contributed by atoms with Crippen molar-refractivity contribution in [3.8, 4) is 5.75 Å². The topological polar surface area (TPSA) is 38.3 Å². The number of hydrogen-bond donors (Lipinski definition) is 1. The van der Waals surface area contributed by atoms with Crippen molar-refractivity contribution < 1.29 is 9.53 Å². The molecule has 0 aliphatic carbocycles. The van der Waals surface area contributed by atoms with Crippen LogP contribution < -0.4 is 10.1 Å². The first-order valence-corrected chi connectivity index (χ1v) is 8.08. The van der Waals surface area contributed by atoms with Gasteiger partial charge in [-0.05, 0) is 17.7 Å². The zero-order valence-corrected chi connectivity index (χ0v) is 13.8. The number of nitrogens with one attached hydrogen (secondary N) is 1. The van der Waals surface area contributed by atoms with Crippen LogP contribution in [-0.4, -0.2) is 31.1 Å². The average Bonchev–Trinajstić information content (AvgIpc) is 2.38. The van der Waals surface area contributed by atoms with Gasteiger partial charge in [0.05, 0.1) is 13.5 Å². The minimum absolute atomic E-state index is 0.0396.